The molecule has 9 heteroatoms. The summed E-state index contributed by atoms with van der Waals surface area (Å²) in [6.07, 6.45) is 2.27. The molecule has 1 aromatic heterocycles. The lowest BCUT2D eigenvalue weighted by molar-refractivity contribution is 0.235. The Morgan fingerprint density at radius 3 is 2.65 bits per heavy atom. The van der Waals surface area contributed by atoms with E-state index in [4.69, 9.17) is 9.47 Å². The number of hydrogen-bond acceptors (Lipinski definition) is 6. The van der Waals surface area contributed by atoms with Gasteiger partial charge in [-0.05, 0) is 32.0 Å². The molecule has 0 fully saturated rings. The van der Waals surface area contributed by atoms with Crippen LogP contribution in [0.2, 0.25) is 0 Å². The van der Waals surface area contributed by atoms with E-state index >= 15 is 0 Å². The molecule has 2 rings (SSSR count). The molecular formula is C14H16FN3O4S. The molecule has 1 N–H and O–H groups in total. The van der Waals surface area contributed by atoms with E-state index < -0.39 is 15.8 Å². The second-order valence-electron chi connectivity index (χ2n) is 4.81. The van der Waals surface area contributed by atoms with Crippen LogP contribution in [-0.4, -0.2) is 31.6 Å². The second-order valence-corrected chi connectivity index (χ2v) is 6.46. The van der Waals surface area contributed by atoms with E-state index in [9.17, 15) is 12.8 Å². The van der Waals surface area contributed by atoms with Crippen molar-refractivity contribution >= 4 is 15.8 Å². The van der Waals surface area contributed by atoms with Crippen LogP contribution < -0.4 is 14.2 Å². The monoisotopic (exact) mass is 341 g/mol. The molecule has 1 aromatic carbocycles. The number of ether oxygens (including phenoxy) is 2. The smallest absolute Gasteiger partial charge is 0.266 e. The Kier molecular flexibility index (Phi) is 4.99. The summed E-state index contributed by atoms with van der Waals surface area (Å²) in [6.45, 7) is 3.47. The SMILES string of the molecule is COc1cncc(NS(=O)(=O)c2cc(F)ccc2OC(C)C)n1. The Morgan fingerprint density at radius 1 is 1.26 bits per heavy atom. The highest BCUT2D eigenvalue weighted by molar-refractivity contribution is 7.92. The highest BCUT2D eigenvalue weighted by Crippen LogP contribution is 2.27. The molecule has 23 heavy (non-hydrogen) atoms. The maximum atomic E-state index is 13.5. The Bertz CT molecular complexity index is 796. The molecule has 124 valence electrons. The van der Waals surface area contributed by atoms with Crippen LogP contribution in [-0.2, 0) is 10.0 Å². The van der Waals surface area contributed by atoms with Crippen LogP contribution in [0, 0.1) is 5.82 Å². The maximum Gasteiger partial charge on any atom is 0.266 e. The first-order valence-electron chi connectivity index (χ1n) is 6.67. The van der Waals surface area contributed by atoms with Crippen molar-refractivity contribution in [2.75, 3.05) is 11.8 Å². The normalized spacial score (nSPS) is 11.3. The van der Waals surface area contributed by atoms with E-state index in [2.05, 4.69) is 14.7 Å². The molecular weight excluding hydrogens is 325 g/mol. The molecule has 0 spiro atoms. The fraction of sp³-hybridized carbons (Fsp3) is 0.286. The van der Waals surface area contributed by atoms with Crippen LogP contribution in [0.4, 0.5) is 10.2 Å². The zero-order valence-corrected chi connectivity index (χ0v) is 13.6. The number of hydrogen-bond donors (Lipinski definition) is 1. The zero-order valence-electron chi connectivity index (χ0n) is 12.8. The van der Waals surface area contributed by atoms with Crippen molar-refractivity contribution in [2.24, 2.45) is 0 Å². The van der Waals surface area contributed by atoms with E-state index in [1.807, 2.05) is 0 Å². The first-order chi connectivity index (χ1) is 10.8. The minimum Gasteiger partial charge on any atom is -0.490 e. The summed E-state index contributed by atoms with van der Waals surface area (Å²) in [5.41, 5.74) is 0. The number of nitrogens with one attached hydrogen (secondary N) is 1. The van der Waals surface area contributed by atoms with Gasteiger partial charge in [0, 0.05) is 0 Å². The van der Waals surface area contributed by atoms with Crippen molar-refractivity contribution in [2.45, 2.75) is 24.8 Å². The molecule has 7 nitrogen and oxygen atoms in total. The van der Waals surface area contributed by atoms with Gasteiger partial charge in [0.05, 0.1) is 25.6 Å². The minimum absolute atomic E-state index is 0.0461. The molecule has 2 aromatic rings. The lowest BCUT2D eigenvalue weighted by atomic mass is 10.3. The zero-order chi connectivity index (χ0) is 17.0. The molecule has 0 bridgehead atoms. The summed E-state index contributed by atoms with van der Waals surface area (Å²) in [4.78, 5) is 7.38. The summed E-state index contributed by atoms with van der Waals surface area (Å²) in [5, 5.41) is 0. The molecule has 1 heterocycles. The Hall–Kier alpha value is -2.42. The van der Waals surface area contributed by atoms with Gasteiger partial charge < -0.3 is 9.47 Å². The van der Waals surface area contributed by atoms with Crippen molar-refractivity contribution in [3.05, 3.63) is 36.4 Å². The van der Waals surface area contributed by atoms with Crippen molar-refractivity contribution < 1.29 is 22.3 Å². The van der Waals surface area contributed by atoms with E-state index in [1.165, 1.54) is 25.6 Å². The van der Waals surface area contributed by atoms with Crippen LogP contribution >= 0.6 is 0 Å². The number of anilines is 1. The summed E-state index contributed by atoms with van der Waals surface area (Å²) in [6, 6.07) is 3.27. The fourth-order valence-electron chi connectivity index (χ4n) is 1.73. The summed E-state index contributed by atoms with van der Waals surface area (Å²) < 4.78 is 51.0. The average Bonchev–Trinajstić information content (AvgIpc) is 2.48. The van der Waals surface area contributed by atoms with Gasteiger partial charge >= 0.3 is 0 Å². The Labute approximate surface area is 133 Å². The third kappa shape index (κ3) is 4.28. The lowest BCUT2D eigenvalue weighted by Crippen LogP contribution is -2.17. The molecule has 0 radical (unpaired) electrons. The number of benzene rings is 1. The van der Waals surface area contributed by atoms with Crippen LogP contribution in [0.5, 0.6) is 11.6 Å². The lowest BCUT2D eigenvalue weighted by Gasteiger charge is -2.15. The highest BCUT2D eigenvalue weighted by atomic mass is 32.2. The van der Waals surface area contributed by atoms with Gasteiger partial charge in [-0.3, -0.25) is 9.71 Å². The average molecular weight is 341 g/mol. The van der Waals surface area contributed by atoms with Crippen molar-refractivity contribution in [1.82, 2.24) is 9.97 Å². The largest absolute Gasteiger partial charge is 0.490 e. The fourth-order valence-corrected chi connectivity index (χ4v) is 2.86. The number of aromatic nitrogens is 2. The predicted octanol–water partition coefficient (Wildman–Crippen LogP) is 2.21. The summed E-state index contributed by atoms with van der Waals surface area (Å²) >= 11 is 0. The van der Waals surface area contributed by atoms with Gasteiger partial charge in [-0.15, -0.1) is 0 Å². The van der Waals surface area contributed by atoms with Gasteiger partial charge in [-0.2, -0.15) is 4.98 Å². The second kappa shape index (κ2) is 6.78. The van der Waals surface area contributed by atoms with Crippen molar-refractivity contribution in [3.63, 3.8) is 0 Å². The molecule has 0 aliphatic rings. The first-order valence-corrected chi connectivity index (χ1v) is 8.15. The number of nitrogens with zero attached hydrogens (tertiary/aromatic N) is 2. The maximum absolute atomic E-state index is 13.5. The number of rotatable bonds is 6. The van der Waals surface area contributed by atoms with Gasteiger partial charge in [0.1, 0.15) is 16.5 Å². The van der Waals surface area contributed by atoms with E-state index in [1.54, 1.807) is 13.8 Å². The third-order valence-corrected chi connectivity index (χ3v) is 3.99. The van der Waals surface area contributed by atoms with Crippen LogP contribution in [0.15, 0.2) is 35.5 Å². The van der Waals surface area contributed by atoms with Crippen LogP contribution in [0.1, 0.15) is 13.8 Å². The number of halogens is 1. The van der Waals surface area contributed by atoms with Gasteiger partial charge in [0.2, 0.25) is 5.88 Å². The quantitative estimate of drug-likeness (QED) is 0.866. The molecule has 0 unspecified atom stereocenters. The molecule has 0 amide bonds. The minimum atomic E-state index is -4.11. The molecule has 0 saturated carbocycles. The van der Waals surface area contributed by atoms with E-state index in [0.29, 0.717) is 0 Å². The van der Waals surface area contributed by atoms with Gasteiger partial charge in [-0.25, -0.2) is 12.8 Å². The molecule has 0 atom stereocenters. The molecule has 0 saturated heterocycles. The highest BCUT2D eigenvalue weighted by Gasteiger charge is 2.22. The Morgan fingerprint density at radius 2 is 2.00 bits per heavy atom. The van der Waals surface area contributed by atoms with Crippen LogP contribution in [0.3, 0.4) is 0 Å². The van der Waals surface area contributed by atoms with Crippen molar-refractivity contribution in [3.8, 4) is 11.6 Å². The molecule has 0 aliphatic carbocycles. The summed E-state index contributed by atoms with van der Waals surface area (Å²) in [7, 11) is -2.73. The van der Waals surface area contributed by atoms with Crippen molar-refractivity contribution in [1.29, 1.82) is 0 Å². The van der Waals surface area contributed by atoms with Gasteiger partial charge in [0.25, 0.3) is 10.0 Å². The summed E-state index contributed by atoms with van der Waals surface area (Å²) in [5.74, 6) is -0.560. The number of sulfonamides is 1. The first kappa shape index (κ1) is 16.9. The van der Waals surface area contributed by atoms with Gasteiger partial charge in [-0.1, -0.05) is 0 Å². The number of methoxy groups -OCH3 is 1. The van der Waals surface area contributed by atoms with E-state index in [-0.39, 0.29) is 28.4 Å². The standard InChI is InChI=1S/C14H16FN3O4S/c1-9(2)22-11-5-4-10(15)6-12(11)23(19,20)18-13-7-16-8-14(17-13)21-3/h4-9H,1-3H3,(H,17,18). The predicted molar refractivity (Wildman–Crippen MR) is 81.6 cm³/mol. The third-order valence-electron chi connectivity index (χ3n) is 2.62. The Balaban J connectivity index is 2.40. The van der Waals surface area contributed by atoms with E-state index in [0.717, 1.165) is 12.1 Å². The van der Waals surface area contributed by atoms with Crippen LogP contribution in [0.25, 0.3) is 0 Å². The molecule has 0 aliphatic heterocycles. The topological polar surface area (TPSA) is 90.4 Å². The van der Waals surface area contributed by atoms with Gasteiger partial charge in [0.15, 0.2) is 5.82 Å².